The standard InChI is InChI=1S/C16H17BrClNO/c1-11(19)8-13-5-3-7-15(17)16(13)20-10-12-4-2-6-14(18)9-12/h2-7,9,11H,8,10,19H2,1H3. The molecule has 2 rings (SSSR count). The number of halogens is 2. The molecule has 106 valence electrons. The second kappa shape index (κ2) is 7.11. The highest BCUT2D eigenvalue weighted by atomic mass is 79.9. The van der Waals surface area contributed by atoms with E-state index in [1.807, 2.05) is 49.4 Å². The fraction of sp³-hybridized carbons (Fsp3) is 0.250. The van der Waals surface area contributed by atoms with Gasteiger partial charge in [0, 0.05) is 11.1 Å². The van der Waals surface area contributed by atoms with Gasteiger partial charge in [0.2, 0.25) is 0 Å². The van der Waals surface area contributed by atoms with Gasteiger partial charge in [-0.2, -0.15) is 0 Å². The molecular weight excluding hydrogens is 338 g/mol. The Morgan fingerprint density at radius 3 is 2.70 bits per heavy atom. The number of ether oxygens (including phenoxy) is 1. The summed E-state index contributed by atoms with van der Waals surface area (Å²) in [6, 6.07) is 13.8. The average Bonchev–Trinajstić information content (AvgIpc) is 2.37. The molecule has 0 saturated heterocycles. The van der Waals surface area contributed by atoms with Gasteiger partial charge in [-0.05, 0) is 58.6 Å². The molecule has 0 bridgehead atoms. The molecule has 0 aromatic heterocycles. The first kappa shape index (κ1) is 15.4. The zero-order valence-electron chi connectivity index (χ0n) is 11.3. The van der Waals surface area contributed by atoms with Gasteiger partial charge in [0.05, 0.1) is 4.47 Å². The Morgan fingerprint density at radius 1 is 1.25 bits per heavy atom. The van der Waals surface area contributed by atoms with Gasteiger partial charge in [0.15, 0.2) is 0 Å². The van der Waals surface area contributed by atoms with Crippen LogP contribution >= 0.6 is 27.5 Å². The Bertz CT molecular complexity index is 586. The van der Waals surface area contributed by atoms with E-state index in [4.69, 9.17) is 22.1 Å². The van der Waals surface area contributed by atoms with Gasteiger partial charge in [0.25, 0.3) is 0 Å². The summed E-state index contributed by atoms with van der Waals surface area (Å²) in [4.78, 5) is 0. The highest BCUT2D eigenvalue weighted by Gasteiger charge is 2.10. The van der Waals surface area contributed by atoms with E-state index >= 15 is 0 Å². The molecule has 0 aliphatic heterocycles. The van der Waals surface area contributed by atoms with Crippen LogP contribution < -0.4 is 10.5 Å². The number of hydrogen-bond donors (Lipinski definition) is 1. The van der Waals surface area contributed by atoms with Crippen LogP contribution in [0.4, 0.5) is 0 Å². The molecule has 2 N–H and O–H groups in total. The summed E-state index contributed by atoms with van der Waals surface area (Å²) in [6.45, 7) is 2.47. The topological polar surface area (TPSA) is 35.2 Å². The van der Waals surface area contributed by atoms with Gasteiger partial charge in [-0.1, -0.05) is 35.9 Å². The molecule has 1 atom stereocenters. The maximum absolute atomic E-state index is 5.98. The lowest BCUT2D eigenvalue weighted by Crippen LogP contribution is -2.18. The number of nitrogens with two attached hydrogens (primary N) is 1. The predicted molar refractivity (Wildman–Crippen MR) is 87.3 cm³/mol. The zero-order chi connectivity index (χ0) is 14.5. The molecule has 0 heterocycles. The van der Waals surface area contributed by atoms with Gasteiger partial charge in [-0.25, -0.2) is 0 Å². The molecule has 0 amide bonds. The Kier molecular flexibility index (Phi) is 5.46. The van der Waals surface area contributed by atoms with Crippen molar-refractivity contribution in [2.45, 2.75) is 26.0 Å². The van der Waals surface area contributed by atoms with Crippen molar-refractivity contribution in [1.29, 1.82) is 0 Å². The second-order valence-corrected chi connectivity index (χ2v) is 6.12. The first-order valence-corrected chi connectivity index (χ1v) is 7.63. The Morgan fingerprint density at radius 2 is 2.00 bits per heavy atom. The van der Waals surface area contributed by atoms with Crippen LogP contribution in [0, 0.1) is 0 Å². The molecule has 0 fully saturated rings. The van der Waals surface area contributed by atoms with E-state index in [0.29, 0.717) is 11.6 Å². The average molecular weight is 355 g/mol. The third-order valence-corrected chi connectivity index (χ3v) is 3.72. The minimum atomic E-state index is 0.0952. The van der Waals surface area contributed by atoms with Crippen molar-refractivity contribution >= 4 is 27.5 Å². The number of para-hydroxylation sites is 1. The number of rotatable bonds is 5. The van der Waals surface area contributed by atoms with Crippen molar-refractivity contribution in [2.75, 3.05) is 0 Å². The highest BCUT2D eigenvalue weighted by Crippen LogP contribution is 2.30. The van der Waals surface area contributed by atoms with E-state index in [9.17, 15) is 0 Å². The third kappa shape index (κ3) is 4.23. The number of hydrogen-bond acceptors (Lipinski definition) is 2. The van der Waals surface area contributed by atoms with E-state index in [2.05, 4.69) is 15.9 Å². The van der Waals surface area contributed by atoms with Crippen molar-refractivity contribution in [3.05, 3.63) is 63.1 Å². The van der Waals surface area contributed by atoms with Gasteiger partial charge in [-0.3, -0.25) is 0 Å². The van der Waals surface area contributed by atoms with E-state index < -0.39 is 0 Å². The fourth-order valence-electron chi connectivity index (χ4n) is 2.01. The van der Waals surface area contributed by atoms with Crippen LogP contribution in [0.3, 0.4) is 0 Å². The largest absolute Gasteiger partial charge is 0.487 e. The van der Waals surface area contributed by atoms with Crippen LogP contribution in [0.15, 0.2) is 46.9 Å². The number of benzene rings is 2. The minimum absolute atomic E-state index is 0.0952. The summed E-state index contributed by atoms with van der Waals surface area (Å²) in [5, 5.41) is 0.717. The van der Waals surface area contributed by atoms with Crippen molar-refractivity contribution < 1.29 is 4.74 Å². The quantitative estimate of drug-likeness (QED) is 0.853. The van der Waals surface area contributed by atoms with Crippen LogP contribution in [0.1, 0.15) is 18.1 Å². The van der Waals surface area contributed by atoms with E-state index in [1.165, 1.54) is 0 Å². The molecule has 0 aliphatic carbocycles. The molecule has 0 aliphatic rings. The summed E-state index contributed by atoms with van der Waals surface area (Å²) in [5.74, 6) is 0.852. The first-order chi connectivity index (χ1) is 9.56. The molecule has 2 aromatic carbocycles. The maximum Gasteiger partial charge on any atom is 0.137 e. The van der Waals surface area contributed by atoms with Gasteiger partial charge >= 0.3 is 0 Å². The Balaban J connectivity index is 2.16. The summed E-state index contributed by atoms with van der Waals surface area (Å²) < 4.78 is 6.89. The first-order valence-electron chi connectivity index (χ1n) is 6.46. The Hall–Kier alpha value is -1.03. The van der Waals surface area contributed by atoms with Crippen LogP contribution in [-0.2, 0) is 13.0 Å². The third-order valence-electron chi connectivity index (χ3n) is 2.86. The van der Waals surface area contributed by atoms with Crippen molar-refractivity contribution in [3.8, 4) is 5.75 Å². The zero-order valence-corrected chi connectivity index (χ0v) is 13.6. The molecule has 20 heavy (non-hydrogen) atoms. The smallest absolute Gasteiger partial charge is 0.137 e. The van der Waals surface area contributed by atoms with E-state index in [0.717, 1.165) is 27.8 Å². The predicted octanol–water partition coefficient (Wildman–Crippen LogP) is 4.57. The monoisotopic (exact) mass is 353 g/mol. The molecule has 4 heteroatoms. The van der Waals surface area contributed by atoms with E-state index in [-0.39, 0.29) is 6.04 Å². The SMILES string of the molecule is CC(N)Cc1cccc(Br)c1OCc1cccc(Cl)c1. The van der Waals surface area contributed by atoms with Gasteiger partial charge < -0.3 is 10.5 Å². The highest BCUT2D eigenvalue weighted by molar-refractivity contribution is 9.10. The lowest BCUT2D eigenvalue weighted by atomic mass is 10.1. The lowest BCUT2D eigenvalue weighted by molar-refractivity contribution is 0.300. The molecule has 2 aromatic rings. The fourth-order valence-corrected chi connectivity index (χ4v) is 2.74. The van der Waals surface area contributed by atoms with E-state index in [1.54, 1.807) is 0 Å². The minimum Gasteiger partial charge on any atom is -0.487 e. The van der Waals surface area contributed by atoms with Crippen molar-refractivity contribution in [3.63, 3.8) is 0 Å². The van der Waals surface area contributed by atoms with Crippen LogP contribution in [-0.4, -0.2) is 6.04 Å². The van der Waals surface area contributed by atoms with Gasteiger partial charge in [0.1, 0.15) is 12.4 Å². The summed E-state index contributed by atoms with van der Waals surface area (Å²) >= 11 is 9.51. The lowest BCUT2D eigenvalue weighted by Gasteiger charge is -2.15. The van der Waals surface area contributed by atoms with Crippen molar-refractivity contribution in [2.24, 2.45) is 5.73 Å². The Labute approximate surface area is 133 Å². The molecule has 2 nitrogen and oxygen atoms in total. The maximum atomic E-state index is 5.98. The second-order valence-electron chi connectivity index (χ2n) is 4.83. The summed E-state index contributed by atoms with van der Waals surface area (Å²) in [6.07, 6.45) is 0.782. The molecule has 0 radical (unpaired) electrons. The molecule has 0 spiro atoms. The normalized spacial score (nSPS) is 12.2. The van der Waals surface area contributed by atoms with Gasteiger partial charge in [-0.15, -0.1) is 0 Å². The van der Waals surface area contributed by atoms with Crippen LogP contribution in [0.25, 0.3) is 0 Å². The molecular formula is C16H17BrClNO. The van der Waals surface area contributed by atoms with Crippen molar-refractivity contribution in [1.82, 2.24) is 0 Å². The van der Waals surface area contributed by atoms with Crippen LogP contribution in [0.5, 0.6) is 5.75 Å². The van der Waals surface area contributed by atoms with Crippen LogP contribution in [0.2, 0.25) is 5.02 Å². The summed E-state index contributed by atoms with van der Waals surface area (Å²) in [7, 11) is 0. The molecule has 1 unspecified atom stereocenters. The summed E-state index contributed by atoms with van der Waals surface area (Å²) in [5.41, 5.74) is 8.03. The molecule has 0 saturated carbocycles.